The minimum atomic E-state index is -0.349. The van der Waals surface area contributed by atoms with Crippen LogP contribution >= 0.6 is 0 Å². The molecular formula is C16H20O3. The number of hydrogen-bond acceptors (Lipinski definition) is 3. The Hall–Kier alpha value is -1.35. The van der Waals surface area contributed by atoms with Crippen LogP contribution in [0.3, 0.4) is 0 Å². The molecule has 3 nitrogen and oxygen atoms in total. The predicted molar refractivity (Wildman–Crippen MR) is 71.9 cm³/mol. The molecule has 1 saturated carbocycles. The summed E-state index contributed by atoms with van der Waals surface area (Å²) in [5.74, 6) is -0.0586. The summed E-state index contributed by atoms with van der Waals surface area (Å²) in [4.78, 5) is 12.2. The standard InChI is InChI=1S/C16H20O3/c17-15(19-12-8-14-7-4-11-18-14)16(9-10-16)13-5-2-1-3-6-13/h1-3,5-6,14H,4,7-12H2. The van der Waals surface area contributed by atoms with Crippen molar-refractivity contribution >= 4 is 5.97 Å². The van der Waals surface area contributed by atoms with E-state index >= 15 is 0 Å². The van der Waals surface area contributed by atoms with Gasteiger partial charge in [0, 0.05) is 13.0 Å². The molecule has 0 N–H and O–H groups in total. The van der Waals surface area contributed by atoms with Crippen LogP contribution in [-0.4, -0.2) is 25.3 Å². The molecule has 1 heterocycles. The number of benzene rings is 1. The van der Waals surface area contributed by atoms with Crippen LogP contribution in [0.1, 0.15) is 37.7 Å². The number of rotatable bonds is 5. The maximum atomic E-state index is 12.2. The van der Waals surface area contributed by atoms with Crippen LogP contribution in [-0.2, 0) is 19.7 Å². The summed E-state index contributed by atoms with van der Waals surface area (Å²) < 4.78 is 11.0. The lowest BCUT2D eigenvalue weighted by Gasteiger charge is -2.16. The highest BCUT2D eigenvalue weighted by Gasteiger charge is 2.52. The number of hydrogen-bond donors (Lipinski definition) is 0. The summed E-state index contributed by atoms with van der Waals surface area (Å²) in [7, 11) is 0. The van der Waals surface area contributed by atoms with E-state index in [2.05, 4.69) is 0 Å². The van der Waals surface area contributed by atoms with E-state index in [1.165, 1.54) is 0 Å². The van der Waals surface area contributed by atoms with Crippen LogP contribution in [0.2, 0.25) is 0 Å². The second kappa shape index (κ2) is 5.33. The van der Waals surface area contributed by atoms with Crippen molar-refractivity contribution in [1.29, 1.82) is 0 Å². The molecule has 1 aromatic rings. The smallest absolute Gasteiger partial charge is 0.316 e. The van der Waals surface area contributed by atoms with Gasteiger partial charge in [0.15, 0.2) is 0 Å². The molecule has 0 radical (unpaired) electrons. The monoisotopic (exact) mass is 260 g/mol. The van der Waals surface area contributed by atoms with Crippen molar-refractivity contribution in [1.82, 2.24) is 0 Å². The molecule has 2 fully saturated rings. The van der Waals surface area contributed by atoms with Crippen LogP contribution in [0.5, 0.6) is 0 Å². The summed E-state index contributed by atoms with van der Waals surface area (Å²) in [6, 6.07) is 9.98. The largest absolute Gasteiger partial charge is 0.465 e. The SMILES string of the molecule is O=C(OCCC1CCCO1)C1(c2ccccc2)CC1. The highest BCUT2D eigenvalue weighted by atomic mass is 16.5. The van der Waals surface area contributed by atoms with E-state index < -0.39 is 0 Å². The summed E-state index contributed by atoms with van der Waals surface area (Å²) in [5.41, 5.74) is 0.745. The fraction of sp³-hybridized carbons (Fsp3) is 0.562. The second-order valence-electron chi connectivity index (χ2n) is 5.51. The minimum Gasteiger partial charge on any atom is -0.465 e. The third-order valence-corrected chi connectivity index (χ3v) is 4.16. The van der Waals surface area contributed by atoms with Crippen molar-refractivity contribution in [3.05, 3.63) is 35.9 Å². The first-order valence-electron chi connectivity index (χ1n) is 7.16. The Morgan fingerprint density at radius 3 is 2.74 bits per heavy atom. The highest BCUT2D eigenvalue weighted by Crippen LogP contribution is 2.49. The Morgan fingerprint density at radius 2 is 2.11 bits per heavy atom. The fourth-order valence-electron chi connectivity index (χ4n) is 2.79. The van der Waals surface area contributed by atoms with Crippen molar-refractivity contribution in [2.45, 2.75) is 43.6 Å². The molecule has 0 amide bonds. The van der Waals surface area contributed by atoms with E-state index in [0.29, 0.717) is 12.7 Å². The van der Waals surface area contributed by atoms with Crippen molar-refractivity contribution in [2.24, 2.45) is 0 Å². The van der Waals surface area contributed by atoms with Gasteiger partial charge in [0.05, 0.1) is 18.1 Å². The van der Waals surface area contributed by atoms with Crippen LogP contribution < -0.4 is 0 Å². The first-order chi connectivity index (χ1) is 9.31. The van der Waals surface area contributed by atoms with Crippen molar-refractivity contribution < 1.29 is 14.3 Å². The lowest BCUT2D eigenvalue weighted by Crippen LogP contribution is -2.24. The topological polar surface area (TPSA) is 35.5 Å². The fourth-order valence-corrected chi connectivity index (χ4v) is 2.79. The molecular weight excluding hydrogens is 240 g/mol. The second-order valence-corrected chi connectivity index (χ2v) is 5.51. The molecule has 19 heavy (non-hydrogen) atoms. The summed E-state index contributed by atoms with van der Waals surface area (Å²) in [6.45, 7) is 1.34. The van der Waals surface area contributed by atoms with Crippen molar-refractivity contribution in [3.8, 4) is 0 Å². The van der Waals surface area contributed by atoms with E-state index in [4.69, 9.17) is 9.47 Å². The van der Waals surface area contributed by atoms with Gasteiger partial charge < -0.3 is 9.47 Å². The molecule has 0 spiro atoms. The minimum absolute atomic E-state index is 0.0586. The molecule has 0 aromatic heterocycles. The summed E-state index contributed by atoms with van der Waals surface area (Å²) >= 11 is 0. The van der Waals surface area contributed by atoms with Gasteiger partial charge in [-0.1, -0.05) is 30.3 Å². The molecule has 0 bridgehead atoms. The zero-order valence-electron chi connectivity index (χ0n) is 11.1. The molecule has 1 unspecified atom stereocenters. The molecule has 3 rings (SSSR count). The van der Waals surface area contributed by atoms with E-state index in [-0.39, 0.29) is 11.4 Å². The molecule has 1 atom stereocenters. The molecule has 102 valence electrons. The number of carbonyl (C=O) groups is 1. The average molecular weight is 260 g/mol. The quantitative estimate of drug-likeness (QED) is 0.764. The number of ether oxygens (including phenoxy) is 2. The van der Waals surface area contributed by atoms with E-state index in [0.717, 1.165) is 44.3 Å². The van der Waals surface area contributed by atoms with Crippen LogP contribution in [0, 0.1) is 0 Å². The van der Waals surface area contributed by atoms with Crippen LogP contribution in [0.15, 0.2) is 30.3 Å². The average Bonchev–Trinajstić information content (AvgIpc) is 3.11. The molecule has 1 saturated heterocycles. The molecule has 1 aromatic carbocycles. The molecule has 1 aliphatic carbocycles. The highest BCUT2D eigenvalue weighted by molar-refractivity contribution is 5.86. The predicted octanol–water partition coefficient (Wildman–Crippen LogP) is 2.83. The van der Waals surface area contributed by atoms with Gasteiger partial charge in [-0.2, -0.15) is 0 Å². The zero-order chi connectivity index (χ0) is 13.1. The van der Waals surface area contributed by atoms with Gasteiger partial charge >= 0.3 is 5.97 Å². The van der Waals surface area contributed by atoms with Crippen LogP contribution in [0.4, 0.5) is 0 Å². The molecule has 1 aliphatic heterocycles. The van der Waals surface area contributed by atoms with Gasteiger partial charge in [0.25, 0.3) is 0 Å². The number of carbonyl (C=O) groups excluding carboxylic acids is 1. The summed E-state index contributed by atoms with van der Waals surface area (Å²) in [6.07, 6.45) is 5.18. The van der Waals surface area contributed by atoms with E-state index in [1.807, 2.05) is 30.3 Å². The van der Waals surface area contributed by atoms with Gasteiger partial charge in [0.2, 0.25) is 0 Å². The summed E-state index contributed by atoms with van der Waals surface area (Å²) in [5, 5.41) is 0. The van der Waals surface area contributed by atoms with Gasteiger partial charge in [-0.05, 0) is 31.2 Å². The third-order valence-electron chi connectivity index (χ3n) is 4.16. The molecule has 3 heteroatoms. The normalized spacial score (nSPS) is 24.1. The van der Waals surface area contributed by atoms with Crippen molar-refractivity contribution in [3.63, 3.8) is 0 Å². The van der Waals surface area contributed by atoms with Crippen LogP contribution in [0.25, 0.3) is 0 Å². The Balaban J connectivity index is 1.52. The Labute approximate surface area is 113 Å². The van der Waals surface area contributed by atoms with E-state index in [1.54, 1.807) is 0 Å². The first-order valence-corrected chi connectivity index (χ1v) is 7.16. The Kier molecular flexibility index (Phi) is 3.56. The lowest BCUT2D eigenvalue weighted by molar-refractivity contribution is -0.147. The Bertz CT molecular complexity index is 431. The first kappa shape index (κ1) is 12.7. The van der Waals surface area contributed by atoms with Crippen molar-refractivity contribution in [2.75, 3.05) is 13.2 Å². The maximum absolute atomic E-state index is 12.2. The lowest BCUT2D eigenvalue weighted by atomic mass is 9.96. The van der Waals surface area contributed by atoms with Gasteiger partial charge in [-0.3, -0.25) is 4.79 Å². The third kappa shape index (κ3) is 2.66. The van der Waals surface area contributed by atoms with Gasteiger partial charge in [-0.25, -0.2) is 0 Å². The van der Waals surface area contributed by atoms with Gasteiger partial charge in [0.1, 0.15) is 0 Å². The van der Waals surface area contributed by atoms with E-state index in [9.17, 15) is 4.79 Å². The molecule has 2 aliphatic rings. The van der Waals surface area contributed by atoms with Gasteiger partial charge in [-0.15, -0.1) is 0 Å². The Morgan fingerprint density at radius 1 is 1.32 bits per heavy atom. The number of esters is 1. The zero-order valence-corrected chi connectivity index (χ0v) is 11.1. The maximum Gasteiger partial charge on any atom is 0.316 e.